The number of aryl methyl sites for hydroxylation is 1. The summed E-state index contributed by atoms with van der Waals surface area (Å²) in [4.78, 5) is 30.1. The van der Waals surface area contributed by atoms with E-state index in [1.165, 1.54) is 6.08 Å². The number of aromatic nitrogens is 1. The van der Waals surface area contributed by atoms with Crippen molar-refractivity contribution in [3.8, 4) is 5.75 Å². The minimum Gasteiger partial charge on any atom is -0.506 e. The molecule has 2 aromatic carbocycles. The zero-order valence-corrected chi connectivity index (χ0v) is 15.5. The molecule has 0 amide bonds. The van der Waals surface area contributed by atoms with Gasteiger partial charge in [0.1, 0.15) is 16.7 Å². The van der Waals surface area contributed by atoms with Crippen molar-refractivity contribution < 1.29 is 9.52 Å². The average molecular weight is 384 g/mol. The van der Waals surface area contributed by atoms with Crippen molar-refractivity contribution in [2.24, 2.45) is 4.99 Å². The van der Waals surface area contributed by atoms with E-state index >= 15 is 0 Å². The molecule has 1 aliphatic rings. The summed E-state index contributed by atoms with van der Waals surface area (Å²) in [6, 6.07) is 14.7. The topological polar surface area (TPSA) is 84.8 Å². The molecule has 5 rings (SSSR count). The Balaban J connectivity index is 1.87. The molecule has 6 heteroatoms. The number of hydrogen-bond acceptors (Lipinski definition) is 5. The monoisotopic (exact) mass is 384 g/mol. The van der Waals surface area contributed by atoms with Crippen molar-refractivity contribution in [2.45, 2.75) is 13.5 Å². The highest BCUT2D eigenvalue weighted by Crippen LogP contribution is 2.35. The first-order chi connectivity index (χ1) is 14.1. The van der Waals surface area contributed by atoms with Crippen LogP contribution in [0.2, 0.25) is 0 Å². The van der Waals surface area contributed by atoms with Crippen LogP contribution in [0.3, 0.4) is 0 Å². The van der Waals surface area contributed by atoms with Crippen LogP contribution in [0.4, 0.5) is 5.69 Å². The van der Waals surface area contributed by atoms with Gasteiger partial charge in [-0.3, -0.25) is 9.79 Å². The number of pyridine rings is 1. The molecular weight excluding hydrogens is 368 g/mol. The third-order valence-electron chi connectivity index (χ3n) is 5.21. The minimum absolute atomic E-state index is 0.000205. The number of nitrogens with zero attached hydrogens (tertiary/aromatic N) is 2. The van der Waals surface area contributed by atoms with E-state index in [2.05, 4.69) is 4.99 Å². The van der Waals surface area contributed by atoms with Gasteiger partial charge in [-0.05, 0) is 31.2 Å². The highest BCUT2D eigenvalue weighted by Gasteiger charge is 2.21. The van der Waals surface area contributed by atoms with E-state index < -0.39 is 11.2 Å². The molecule has 0 radical (unpaired) electrons. The summed E-state index contributed by atoms with van der Waals surface area (Å²) in [7, 11) is 0. The average Bonchev–Trinajstić information content (AvgIpc) is 3.14. The number of fused-ring (bicyclic) bond motifs is 4. The molecule has 0 atom stereocenters. The van der Waals surface area contributed by atoms with Gasteiger partial charge in [-0.1, -0.05) is 30.3 Å². The largest absolute Gasteiger partial charge is 0.506 e. The number of aliphatic imine (C=N–C) groups is 1. The lowest BCUT2D eigenvalue weighted by Gasteiger charge is -2.12. The number of para-hydroxylation sites is 2. The summed E-state index contributed by atoms with van der Waals surface area (Å²) in [5, 5.41) is 11.5. The third kappa shape index (κ3) is 2.46. The van der Waals surface area contributed by atoms with E-state index in [9.17, 15) is 14.7 Å². The molecule has 0 saturated heterocycles. The summed E-state index contributed by atoms with van der Waals surface area (Å²) in [6.45, 7) is 2.27. The molecule has 0 bridgehead atoms. The first-order valence-corrected chi connectivity index (χ1v) is 9.26. The van der Waals surface area contributed by atoms with Crippen molar-refractivity contribution in [3.63, 3.8) is 0 Å². The van der Waals surface area contributed by atoms with Crippen molar-refractivity contribution in [3.05, 3.63) is 80.4 Å². The van der Waals surface area contributed by atoms with Crippen molar-refractivity contribution >= 4 is 45.4 Å². The van der Waals surface area contributed by atoms with E-state index in [1.807, 2.05) is 37.3 Å². The van der Waals surface area contributed by atoms with Gasteiger partial charge < -0.3 is 14.1 Å². The van der Waals surface area contributed by atoms with Gasteiger partial charge in [-0.25, -0.2) is 4.79 Å². The maximum atomic E-state index is 13.1. The number of benzene rings is 2. The van der Waals surface area contributed by atoms with Gasteiger partial charge >= 0.3 is 5.63 Å². The molecule has 2 aromatic heterocycles. The minimum atomic E-state index is -0.709. The van der Waals surface area contributed by atoms with Crippen molar-refractivity contribution in [2.75, 3.05) is 0 Å². The van der Waals surface area contributed by atoms with E-state index in [4.69, 9.17) is 4.42 Å². The van der Waals surface area contributed by atoms with Gasteiger partial charge in [0.2, 0.25) is 0 Å². The van der Waals surface area contributed by atoms with Gasteiger partial charge in [-0.15, -0.1) is 0 Å². The van der Waals surface area contributed by atoms with Gasteiger partial charge in [-0.2, -0.15) is 0 Å². The van der Waals surface area contributed by atoms with Gasteiger partial charge in [0.25, 0.3) is 5.56 Å². The maximum Gasteiger partial charge on any atom is 0.347 e. The second kappa shape index (κ2) is 6.31. The standard InChI is InChI=1S/C23H16N2O4/c1-2-25-18-10-6-4-8-15(18)21-19(22(25)27)20(26)16(23(28)29-21)11-13-12-24-17-9-5-3-7-14(13)17/h3-12,26H,2H2,1H3/b13-11+. The molecule has 0 fully saturated rings. The zero-order chi connectivity index (χ0) is 20.1. The summed E-state index contributed by atoms with van der Waals surface area (Å²) < 4.78 is 7.10. The molecule has 6 nitrogen and oxygen atoms in total. The molecule has 142 valence electrons. The summed E-state index contributed by atoms with van der Waals surface area (Å²) in [5.41, 5.74) is 1.86. The first-order valence-electron chi connectivity index (χ1n) is 9.26. The smallest absolute Gasteiger partial charge is 0.347 e. The molecule has 3 heterocycles. The number of rotatable bonds is 2. The van der Waals surface area contributed by atoms with Gasteiger partial charge in [0.05, 0.1) is 11.2 Å². The number of hydrogen-bond donors (Lipinski definition) is 1. The Labute approximate surface area is 164 Å². The Kier molecular flexibility index (Phi) is 3.74. The van der Waals surface area contributed by atoms with Crippen LogP contribution < -0.4 is 11.2 Å². The fourth-order valence-corrected chi connectivity index (χ4v) is 3.82. The summed E-state index contributed by atoms with van der Waals surface area (Å²) in [6.07, 6.45) is 3.14. The fourth-order valence-electron chi connectivity index (χ4n) is 3.82. The van der Waals surface area contributed by atoms with Gasteiger partial charge in [0.15, 0.2) is 5.58 Å². The molecule has 0 spiro atoms. The quantitative estimate of drug-likeness (QED) is 0.528. The maximum absolute atomic E-state index is 13.1. The lowest BCUT2D eigenvalue weighted by molar-refractivity contribution is 0.465. The number of aromatic hydroxyl groups is 1. The van der Waals surface area contributed by atoms with E-state index in [0.717, 1.165) is 11.3 Å². The molecule has 1 N–H and O–H groups in total. The Morgan fingerprint density at radius 1 is 1.10 bits per heavy atom. The molecule has 0 unspecified atom stereocenters. The van der Waals surface area contributed by atoms with Crippen molar-refractivity contribution in [1.82, 2.24) is 4.57 Å². The molecule has 29 heavy (non-hydrogen) atoms. The van der Waals surface area contributed by atoms with Crippen LogP contribution in [0.15, 0.2) is 67.5 Å². The van der Waals surface area contributed by atoms with Crippen LogP contribution in [-0.4, -0.2) is 15.9 Å². The Morgan fingerprint density at radius 2 is 1.86 bits per heavy atom. The highest BCUT2D eigenvalue weighted by molar-refractivity contribution is 6.21. The molecular formula is C23H16N2O4. The Morgan fingerprint density at radius 3 is 2.69 bits per heavy atom. The predicted octanol–water partition coefficient (Wildman–Crippen LogP) is 4.09. The van der Waals surface area contributed by atoms with E-state index in [-0.39, 0.29) is 22.3 Å². The summed E-state index contributed by atoms with van der Waals surface area (Å²) in [5.74, 6) is -0.375. The van der Waals surface area contributed by atoms with Crippen LogP contribution in [0.5, 0.6) is 5.75 Å². The van der Waals surface area contributed by atoms with Crippen LogP contribution in [0.25, 0.3) is 33.5 Å². The van der Waals surface area contributed by atoms with E-state index in [1.54, 1.807) is 29.0 Å². The lowest BCUT2D eigenvalue weighted by Crippen LogP contribution is -2.21. The summed E-state index contributed by atoms with van der Waals surface area (Å²) >= 11 is 0. The highest BCUT2D eigenvalue weighted by atomic mass is 16.4. The second-order valence-corrected chi connectivity index (χ2v) is 6.80. The predicted molar refractivity (Wildman–Crippen MR) is 114 cm³/mol. The third-order valence-corrected chi connectivity index (χ3v) is 5.21. The molecule has 1 aliphatic heterocycles. The Bertz CT molecular complexity index is 1490. The van der Waals surface area contributed by atoms with Crippen molar-refractivity contribution in [1.29, 1.82) is 0 Å². The van der Waals surface area contributed by atoms with Crippen LogP contribution >= 0.6 is 0 Å². The van der Waals surface area contributed by atoms with Crippen LogP contribution in [0.1, 0.15) is 18.1 Å². The SMILES string of the molecule is CCn1c(=O)c2c(O)c(/C=C3\C=Nc4ccccc43)c(=O)oc2c2ccccc21. The first kappa shape index (κ1) is 17.2. The fraction of sp³-hybridized carbons (Fsp3) is 0.0870. The molecule has 0 saturated carbocycles. The zero-order valence-electron chi connectivity index (χ0n) is 15.5. The van der Waals surface area contributed by atoms with Gasteiger partial charge in [0, 0.05) is 29.3 Å². The Hall–Kier alpha value is -3.93. The van der Waals surface area contributed by atoms with E-state index in [0.29, 0.717) is 23.0 Å². The molecule has 4 aromatic rings. The molecule has 0 aliphatic carbocycles. The number of allylic oxidation sites excluding steroid dienone is 1. The normalized spacial score (nSPS) is 14.2. The lowest BCUT2D eigenvalue weighted by atomic mass is 10.0. The van der Waals surface area contributed by atoms with Crippen LogP contribution in [-0.2, 0) is 6.54 Å². The van der Waals surface area contributed by atoms with Crippen LogP contribution in [0, 0.1) is 0 Å². The second-order valence-electron chi connectivity index (χ2n) is 6.80.